The molecule has 0 spiro atoms. The first kappa shape index (κ1) is 17.0. The summed E-state index contributed by atoms with van der Waals surface area (Å²) in [6, 6.07) is 6.59. The first-order valence-corrected chi connectivity index (χ1v) is 7.20. The monoisotopic (exact) mass is 292 g/mol. The van der Waals surface area contributed by atoms with Gasteiger partial charge in [0.2, 0.25) is 0 Å². The summed E-state index contributed by atoms with van der Waals surface area (Å²) < 4.78 is 0. The minimum atomic E-state index is -0.349. The van der Waals surface area contributed by atoms with Gasteiger partial charge >= 0.3 is 6.03 Å². The molecule has 0 aromatic heterocycles. The lowest BCUT2D eigenvalue weighted by Crippen LogP contribution is -2.35. The quantitative estimate of drug-likeness (QED) is 0.713. The highest BCUT2D eigenvalue weighted by molar-refractivity contribution is 6.03. The van der Waals surface area contributed by atoms with Gasteiger partial charge in [0.15, 0.2) is 0 Å². The van der Waals surface area contributed by atoms with Crippen LogP contribution in [-0.4, -0.2) is 50.1 Å². The average Bonchev–Trinajstić information content (AvgIpc) is 2.51. The summed E-state index contributed by atoms with van der Waals surface area (Å²) in [5, 5.41) is 7.98. The molecule has 0 bridgehead atoms. The van der Waals surface area contributed by atoms with E-state index in [-0.39, 0.29) is 11.9 Å². The molecule has 0 fully saturated rings. The summed E-state index contributed by atoms with van der Waals surface area (Å²) >= 11 is 0. The minimum absolute atomic E-state index is 0.186. The van der Waals surface area contributed by atoms with Gasteiger partial charge in [0.1, 0.15) is 0 Å². The first-order chi connectivity index (χ1) is 10.1. The fourth-order valence-corrected chi connectivity index (χ4v) is 1.94. The van der Waals surface area contributed by atoms with Crippen LogP contribution < -0.4 is 16.0 Å². The summed E-state index contributed by atoms with van der Waals surface area (Å²) in [7, 11) is 1.53. The van der Waals surface area contributed by atoms with Crippen molar-refractivity contribution in [2.45, 2.75) is 13.8 Å². The molecule has 0 atom stereocenters. The highest BCUT2D eigenvalue weighted by atomic mass is 16.2. The molecule has 0 heterocycles. The molecule has 1 aromatic carbocycles. The van der Waals surface area contributed by atoms with Gasteiger partial charge < -0.3 is 20.9 Å². The number of hydrogen-bond acceptors (Lipinski definition) is 3. The highest BCUT2D eigenvalue weighted by Crippen LogP contribution is 2.14. The second-order valence-electron chi connectivity index (χ2n) is 4.53. The third kappa shape index (κ3) is 5.43. The van der Waals surface area contributed by atoms with Crippen LogP contribution in [0.15, 0.2) is 24.3 Å². The number of anilines is 1. The molecule has 0 saturated heterocycles. The lowest BCUT2D eigenvalue weighted by molar-refractivity contribution is 0.0950. The zero-order valence-corrected chi connectivity index (χ0v) is 12.9. The molecule has 3 amide bonds. The number of hydrogen-bond donors (Lipinski definition) is 3. The van der Waals surface area contributed by atoms with Crippen molar-refractivity contribution in [1.82, 2.24) is 15.5 Å². The molecule has 21 heavy (non-hydrogen) atoms. The number of nitrogens with zero attached hydrogens (tertiary/aromatic N) is 1. The molecular weight excluding hydrogens is 268 g/mol. The van der Waals surface area contributed by atoms with Crippen LogP contribution in [0.5, 0.6) is 0 Å². The van der Waals surface area contributed by atoms with E-state index in [1.807, 2.05) is 0 Å². The van der Waals surface area contributed by atoms with Crippen LogP contribution in [0.25, 0.3) is 0 Å². The van der Waals surface area contributed by atoms with Crippen molar-refractivity contribution < 1.29 is 9.59 Å². The van der Waals surface area contributed by atoms with Gasteiger partial charge in [-0.25, -0.2) is 4.79 Å². The predicted octanol–water partition coefficient (Wildman–Crippen LogP) is 1.51. The van der Waals surface area contributed by atoms with Crippen molar-refractivity contribution in [3.05, 3.63) is 29.8 Å². The lowest BCUT2D eigenvalue weighted by Gasteiger charge is -2.18. The molecule has 1 rings (SSSR count). The Morgan fingerprint density at radius 3 is 2.43 bits per heavy atom. The molecule has 0 saturated carbocycles. The molecule has 3 N–H and O–H groups in total. The maximum Gasteiger partial charge on any atom is 0.318 e. The molecule has 0 unspecified atom stereocenters. The number of likely N-dealkylation sites (N-methyl/N-ethyl adjacent to an activating group) is 1. The zero-order valence-electron chi connectivity index (χ0n) is 12.9. The third-order valence-electron chi connectivity index (χ3n) is 3.25. The van der Waals surface area contributed by atoms with E-state index in [1.165, 1.54) is 7.05 Å². The number of rotatable bonds is 7. The van der Waals surface area contributed by atoms with Crippen LogP contribution in [0.4, 0.5) is 10.5 Å². The van der Waals surface area contributed by atoms with E-state index in [2.05, 4.69) is 34.7 Å². The SMILES string of the molecule is CCN(CC)CCNC(=O)c1ccccc1NC(=O)NC. The Bertz CT molecular complexity index is 472. The number of para-hydroxylation sites is 1. The van der Waals surface area contributed by atoms with Crippen LogP contribution in [0.3, 0.4) is 0 Å². The van der Waals surface area contributed by atoms with Gasteiger partial charge in [0, 0.05) is 20.1 Å². The standard InChI is InChI=1S/C15H24N4O2/c1-4-19(5-2)11-10-17-14(20)12-8-6-7-9-13(12)18-15(21)16-3/h6-9H,4-5,10-11H2,1-3H3,(H,17,20)(H2,16,18,21). The van der Waals surface area contributed by atoms with Crippen molar-refractivity contribution >= 4 is 17.6 Å². The Balaban J connectivity index is 2.63. The maximum atomic E-state index is 12.2. The summed E-state index contributed by atoms with van der Waals surface area (Å²) in [6.07, 6.45) is 0. The van der Waals surface area contributed by atoms with Gasteiger partial charge in [0.25, 0.3) is 5.91 Å². The largest absolute Gasteiger partial charge is 0.351 e. The number of amides is 3. The van der Waals surface area contributed by atoms with E-state index < -0.39 is 0 Å². The molecule has 6 nitrogen and oxygen atoms in total. The Kier molecular flexibility index (Phi) is 7.25. The first-order valence-electron chi connectivity index (χ1n) is 7.20. The minimum Gasteiger partial charge on any atom is -0.351 e. The van der Waals surface area contributed by atoms with Crippen molar-refractivity contribution in [1.29, 1.82) is 0 Å². The summed E-state index contributed by atoms with van der Waals surface area (Å²) in [6.45, 7) is 7.49. The number of carbonyl (C=O) groups excluding carboxylic acids is 2. The van der Waals surface area contributed by atoms with Gasteiger partial charge in [-0.15, -0.1) is 0 Å². The third-order valence-corrected chi connectivity index (χ3v) is 3.25. The van der Waals surface area contributed by atoms with E-state index in [1.54, 1.807) is 24.3 Å². The average molecular weight is 292 g/mol. The van der Waals surface area contributed by atoms with Crippen molar-refractivity contribution in [2.24, 2.45) is 0 Å². The number of urea groups is 1. The topological polar surface area (TPSA) is 73.5 Å². The van der Waals surface area contributed by atoms with Crippen LogP contribution in [0.1, 0.15) is 24.2 Å². The Labute approximate surface area is 125 Å². The molecular formula is C15H24N4O2. The summed E-state index contributed by atoms with van der Waals surface area (Å²) in [4.78, 5) is 25.8. The van der Waals surface area contributed by atoms with E-state index in [0.717, 1.165) is 19.6 Å². The van der Waals surface area contributed by atoms with Crippen molar-refractivity contribution in [2.75, 3.05) is 38.5 Å². The fraction of sp³-hybridized carbons (Fsp3) is 0.467. The Hall–Kier alpha value is -2.08. The summed E-state index contributed by atoms with van der Waals surface area (Å²) in [5.74, 6) is -0.186. The number of benzene rings is 1. The molecule has 116 valence electrons. The van der Waals surface area contributed by atoms with E-state index in [0.29, 0.717) is 17.8 Å². The highest BCUT2D eigenvalue weighted by Gasteiger charge is 2.12. The van der Waals surface area contributed by atoms with Crippen LogP contribution in [0, 0.1) is 0 Å². The van der Waals surface area contributed by atoms with Gasteiger partial charge in [0.05, 0.1) is 11.3 Å². The van der Waals surface area contributed by atoms with Crippen LogP contribution in [-0.2, 0) is 0 Å². The van der Waals surface area contributed by atoms with E-state index in [9.17, 15) is 9.59 Å². The molecule has 6 heteroatoms. The predicted molar refractivity (Wildman–Crippen MR) is 84.6 cm³/mol. The molecule has 0 aliphatic rings. The van der Waals surface area contributed by atoms with Gasteiger partial charge in [-0.05, 0) is 25.2 Å². The maximum absolute atomic E-state index is 12.2. The van der Waals surface area contributed by atoms with Gasteiger partial charge in [-0.2, -0.15) is 0 Å². The van der Waals surface area contributed by atoms with E-state index >= 15 is 0 Å². The van der Waals surface area contributed by atoms with Gasteiger partial charge in [-0.1, -0.05) is 26.0 Å². The van der Waals surface area contributed by atoms with Crippen molar-refractivity contribution in [3.8, 4) is 0 Å². The fourth-order valence-electron chi connectivity index (χ4n) is 1.94. The van der Waals surface area contributed by atoms with Crippen LogP contribution in [0.2, 0.25) is 0 Å². The molecule has 1 aromatic rings. The number of carbonyl (C=O) groups is 2. The lowest BCUT2D eigenvalue weighted by atomic mass is 10.1. The normalized spacial score (nSPS) is 10.3. The second-order valence-corrected chi connectivity index (χ2v) is 4.53. The molecule has 0 aliphatic carbocycles. The Morgan fingerprint density at radius 1 is 1.14 bits per heavy atom. The van der Waals surface area contributed by atoms with E-state index in [4.69, 9.17) is 0 Å². The zero-order chi connectivity index (χ0) is 15.7. The van der Waals surface area contributed by atoms with Crippen LogP contribution >= 0.6 is 0 Å². The number of nitrogens with one attached hydrogen (secondary N) is 3. The molecule has 0 radical (unpaired) electrons. The Morgan fingerprint density at radius 2 is 1.81 bits per heavy atom. The summed E-state index contributed by atoms with van der Waals surface area (Å²) in [5.41, 5.74) is 0.956. The van der Waals surface area contributed by atoms with Crippen molar-refractivity contribution in [3.63, 3.8) is 0 Å². The molecule has 0 aliphatic heterocycles. The van der Waals surface area contributed by atoms with Gasteiger partial charge in [-0.3, -0.25) is 4.79 Å². The smallest absolute Gasteiger partial charge is 0.318 e. The second kappa shape index (κ2) is 8.97.